The molecule has 4 heteroatoms. The Balaban J connectivity index is 2.40. The molecular formula is C8H12N2O2. The van der Waals surface area contributed by atoms with Gasteiger partial charge >= 0.3 is 0 Å². The van der Waals surface area contributed by atoms with E-state index in [4.69, 9.17) is 5.73 Å². The van der Waals surface area contributed by atoms with Crippen LogP contribution in [0.3, 0.4) is 0 Å². The molecular weight excluding hydrogens is 156 g/mol. The molecule has 0 unspecified atom stereocenters. The summed E-state index contributed by atoms with van der Waals surface area (Å²) in [4.78, 5) is 23.6. The highest BCUT2D eigenvalue weighted by molar-refractivity contribution is 5.94. The summed E-state index contributed by atoms with van der Waals surface area (Å²) < 4.78 is 0. The fraction of sp³-hybridized carbons (Fsp3) is 0.500. The summed E-state index contributed by atoms with van der Waals surface area (Å²) in [6.07, 6.45) is 3.91. The largest absolute Gasteiger partial charge is 0.404 e. The zero-order valence-corrected chi connectivity index (χ0v) is 6.82. The number of carbonyl (C=O) groups is 2. The van der Waals surface area contributed by atoms with Crippen molar-refractivity contribution in [2.45, 2.75) is 12.8 Å². The topological polar surface area (TPSA) is 63.4 Å². The highest BCUT2D eigenvalue weighted by atomic mass is 16.2. The molecule has 0 bridgehead atoms. The van der Waals surface area contributed by atoms with Crippen molar-refractivity contribution >= 4 is 11.7 Å². The van der Waals surface area contributed by atoms with Crippen LogP contribution in [0.5, 0.6) is 0 Å². The van der Waals surface area contributed by atoms with Gasteiger partial charge in [-0.2, -0.15) is 0 Å². The molecule has 1 aliphatic rings. The van der Waals surface area contributed by atoms with Gasteiger partial charge in [0.1, 0.15) is 0 Å². The minimum Gasteiger partial charge on any atom is -0.404 e. The quantitative estimate of drug-likeness (QED) is 0.586. The molecule has 0 spiro atoms. The van der Waals surface area contributed by atoms with Gasteiger partial charge in [-0.15, -0.1) is 0 Å². The summed E-state index contributed by atoms with van der Waals surface area (Å²) in [5.41, 5.74) is 5.03. The van der Waals surface area contributed by atoms with Gasteiger partial charge in [-0.1, -0.05) is 0 Å². The molecule has 1 aliphatic heterocycles. The lowest BCUT2D eigenvalue weighted by atomic mass is 10.3. The van der Waals surface area contributed by atoms with Crippen LogP contribution in [-0.2, 0) is 9.59 Å². The van der Waals surface area contributed by atoms with Gasteiger partial charge in [-0.05, 0) is 18.7 Å². The van der Waals surface area contributed by atoms with Crippen LogP contribution in [0.1, 0.15) is 12.8 Å². The molecule has 1 fully saturated rings. The van der Waals surface area contributed by atoms with Crippen LogP contribution < -0.4 is 5.73 Å². The Morgan fingerprint density at radius 2 is 2.42 bits per heavy atom. The number of hydrogen-bond donors (Lipinski definition) is 1. The van der Waals surface area contributed by atoms with E-state index >= 15 is 0 Å². The van der Waals surface area contributed by atoms with Crippen LogP contribution in [-0.4, -0.2) is 29.7 Å². The maximum Gasteiger partial charge on any atom is 0.223 e. The number of nitrogens with two attached hydrogens (primary N) is 1. The average molecular weight is 168 g/mol. The van der Waals surface area contributed by atoms with E-state index in [-0.39, 0.29) is 18.2 Å². The van der Waals surface area contributed by atoms with E-state index in [1.54, 1.807) is 4.90 Å². The number of likely N-dealkylation sites (tertiary alicyclic amines) is 1. The summed E-state index contributed by atoms with van der Waals surface area (Å²) in [7, 11) is 0. The summed E-state index contributed by atoms with van der Waals surface area (Å²) in [6, 6.07) is 0. The van der Waals surface area contributed by atoms with Crippen molar-refractivity contribution in [3.05, 3.63) is 12.3 Å². The molecule has 0 radical (unpaired) electrons. The summed E-state index contributed by atoms with van der Waals surface area (Å²) in [5.74, 6) is -0.0541. The Kier molecular flexibility index (Phi) is 2.85. The van der Waals surface area contributed by atoms with Gasteiger partial charge in [0.25, 0.3) is 0 Å². The van der Waals surface area contributed by atoms with Crippen molar-refractivity contribution in [3.8, 4) is 0 Å². The summed E-state index contributed by atoms with van der Waals surface area (Å²) in [6.45, 7) is 0.871. The number of carbonyl (C=O) groups excluding carboxylic acids is 2. The van der Waals surface area contributed by atoms with Crippen molar-refractivity contribution < 1.29 is 9.59 Å². The molecule has 2 N–H and O–H groups in total. The molecule has 0 aromatic heterocycles. The van der Waals surface area contributed by atoms with E-state index in [0.717, 1.165) is 6.42 Å². The molecule has 0 saturated carbocycles. The molecule has 66 valence electrons. The van der Waals surface area contributed by atoms with E-state index in [1.165, 1.54) is 12.3 Å². The van der Waals surface area contributed by atoms with Gasteiger partial charge in [-0.25, -0.2) is 0 Å². The van der Waals surface area contributed by atoms with Gasteiger partial charge in [0, 0.05) is 13.0 Å². The lowest BCUT2D eigenvalue weighted by molar-refractivity contribution is -0.131. The van der Waals surface area contributed by atoms with E-state index in [1.807, 2.05) is 0 Å². The van der Waals surface area contributed by atoms with Gasteiger partial charge < -0.3 is 10.6 Å². The van der Waals surface area contributed by atoms with Crippen molar-refractivity contribution in [1.29, 1.82) is 0 Å². The normalized spacial score (nSPS) is 17.7. The first-order chi connectivity index (χ1) is 5.74. The van der Waals surface area contributed by atoms with E-state index in [0.29, 0.717) is 13.0 Å². The minimum absolute atomic E-state index is 0.0637. The molecule has 1 rings (SSSR count). The minimum atomic E-state index is -0.118. The summed E-state index contributed by atoms with van der Waals surface area (Å²) >= 11 is 0. The van der Waals surface area contributed by atoms with Crippen LogP contribution in [0.15, 0.2) is 12.3 Å². The molecule has 4 nitrogen and oxygen atoms in total. The van der Waals surface area contributed by atoms with E-state index < -0.39 is 0 Å². The lowest BCUT2D eigenvalue weighted by Gasteiger charge is -2.12. The fourth-order valence-electron chi connectivity index (χ4n) is 1.22. The van der Waals surface area contributed by atoms with Crippen molar-refractivity contribution in [2.24, 2.45) is 5.73 Å². The Morgan fingerprint density at radius 3 is 2.92 bits per heavy atom. The maximum atomic E-state index is 11.0. The molecule has 0 aromatic rings. The third-order valence-electron chi connectivity index (χ3n) is 1.80. The van der Waals surface area contributed by atoms with E-state index in [9.17, 15) is 9.59 Å². The van der Waals surface area contributed by atoms with Crippen LogP contribution in [0.25, 0.3) is 0 Å². The maximum absolute atomic E-state index is 11.0. The fourth-order valence-corrected chi connectivity index (χ4v) is 1.22. The molecule has 12 heavy (non-hydrogen) atoms. The monoisotopic (exact) mass is 168 g/mol. The molecule has 0 atom stereocenters. The lowest BCUT2D eigenvalue weighted by Crippen LogP contribution is -2.29. The average Bonchev–Trinajstić information content (AvgIpc) is 2.37. The van der Waals surface area contributed by atoms with Crippen LogP contribution in [0, 0.1) is 0 Å². The standard InChI is InChI=1S/C8H12N2O2/c9-4-3-7(11)6-10-5-1-2-8(10)12/h3-4H,1-2,5-6,9H2/b4-3+. The summed E-state index contributed by atoms with van der Waals surface area (Å²) in [5, 5.41) is 0. The van der Waals surface area contributed by atoms with Gasteiger partial charge in [-0.3, -0.25) is 9.59 Å². The first kappa shape index (κ1) is 8.77. The molecule has 1 saturated heterocycles. The van der Waals surface area contributed by atoms with Crippen LogP contribution >= 0.6 is 0 Å². The zero-order valence-electron chi connectivity index (χ0n) is 6.82. The van der Waals surface area contributed by atoms with E-state index in [2.05, 4.69) is 0 Å². The highest BCUT2D eigenvalue weighted by Gasteiger charge is 2.20. The van der Waals surface area contributed by atoms with Crippen molar-refractivity contribution in [3.63, 3.8) is 0 Å². The second-order valence-corrected chi connectivity index (χ2v) is 2.74. The Bertz CT molecular complexity index is 223. The third-order valence-corrected chi connectivity index (χ3v) is 1.80. The van der Waals surface area contributed by atoms with Crippen LogP contribution in [0.2, 0.25) is 0 Å². The SMILES string of the molecule is N/C=C/C(=O)CN1CCCC1=O. The number of rotatable bonds is 3. The number of hydrogen-bond acceptors (Lipinski definition) is 3. The first-order valence-corrected chi connectivity index (χ1v) is 3.93. The smallest absolute Gasteiger partial charge is 0.223 e. The molecule has 0 aliphatic carbocycles. The number of amides is 1. The Labute approximate surface area is 71.0 Å². The van der Waals surface area contributed by atoms with Crippen molar-refractivity contribution in [1.82, 2.24) is 4.90 Å². The molecule has 1 amide bonds. The number of ketones is 1. The Morgan fingerprint density at radius 1 is 1.67 bits per heavy atom. The van der Waals surface area contributed by atoms with Gasteiger partial charge in [0.15, 0.2) is 5.78 Å². The second-order valence-electron chi connectivity index (χ2n) is 2.74. The highest BCUT2D eigenvalue weighted by Crippen LogP contribution is 2.08. The third kappa shape index (κ3) is 2.08. The predicted molar refractivity (Wildman–Crippen MR) is 44.1 cm³/mol. The van der Waals surface area contributed by atoms with Crippen molar-refractivity contribution in [2.75, 3.05) is 13.1 Å². The molecule has 1 heterocycles. The molecule has 0 aromatic carbocycles. The second kappa shape index (κ2) is 3.90. The predicted octanol–water partition coefficient (Wildman–Crippen LogP) is -0.350. The number of nitrogens with zero attached hydrogens (tertiary/aromatic N) is 1. The van der Waals surface area contributed by atoms with Gasteiger partial charge in [0.2, 0.25) is 5.91 Å². The zero-order chi connectivity index (χ0) is 8.97. The van der Waals surface area contributed by atoms with Crippen LogP contribution in [0.4, 0.5) is 0 Å². The van der Waals surface area contributed by atoms with Gasteiger partial charge in [0.05, 0.1) is 6.54 Å². The Hall–Kier alpha value is -1.32. The first-order valence-electron chi connectivity index (χ1n) is 3.93.